The van der Waals surface area contributed by atoms with Gasteiger partial charge in [-0.25, -0.2) is 4.79 Å². The molecule has 3 aromatic carbocycles. The molecule has 0 fully saturated rings. The molecule has 2 heterocycles. The Balaban J connectivity index is 1.64. The Hall–Kier alpha value is -3.90. The van der Waals surface area contributed by atoms with E-state index in [1.54, 1.807) is 11.0 Å². The van der Waals surface area contributed by atoms with Crippen LogP contribution in [0.1, 0.15) is 42.5 Å². The van der Waals surface area contributed by atoms with Crippen LogP contribution in [0.25, 0.3) is 17.0 Å². The number of carbonyl (C=O) groups is 1. The molecule has 6 nitrogen and oxygen atoms in total. The molecule has 0 bridgehead atoms. The lowest BCUT2D eigenvalue weighted by atomic mass is 9.94. The number of aromatic nitrogens is 2. The monoisotopic (exact) mass is 484 g/mol. The molecule has 0 spiro atoms. The zero-order valence-electron chi connectivity index (χ0n) is 19.7. The van der Waals surface area contributed by atoms with Crippen molar-refractivity contribution in [3.63, 3.8) is 0 Å². The SMILES string of the molecule is CCc1ccc(N2C(=O)NC(c3cccc(Cl)c3)C(c3nc(-c4ccc(C)cc4)no3)=C2C)cc1. The Morgan fingerprint density at radius 1 is 1.03 bits per heavy atom. The van der Waals surface area contributed by atoms with Crippen molar-refractivity contribution in [1.29, 1.82) is 0 Å². The average Bonchev–Trinajstić information content (AvgIpc) is 3.34. The first-order valence-electron chi connectivity index (χ1n) is 11.5. The lowest BCUT2D eigenvalue weighted by molar-refractivity contribution is 0.244. The number of hydrogen-bond donors (Lipinski definition) is 1. The maximum Gasteiger partial charge on any atom is 0.326 e. The Morgan fingerprint density at radius 3 is 2.46 bits per heavy atom. The van der Waals surface area contributed by atoms with E-state index in [0.717, 1.165) is 34.4 Å². The Bertz CT molecular complexity index is 1410. The van der Waals surface area contributed by atoms with Crippen LogP contribution < -0.4 is 10.2 Å². The molecule has 0 aliphatic carbocycles. The van der Waals surface area contributed by atoms with Gasteiger partial charge in [0.25, 0.3) is 5.89 Å². The molecule has 1 N–H and O–H groups in total. The van der Waals surface area contributed by atoms with Crippen molar-refractivity contribution in [1.82, 2.24) is 15.5 Å². The van der Waals surface area contributed by atoms with Crippen LogP contribution in [0, 0.1) is 6.92 Å². The number of nitrogens with zero attached hydrogens (tertiary/aromatic N) is 3. The van der Waals surface area contributed by atoms with Gasteiger partial charge in [-0.1, -0.05) is 77.8 Å². The van der Waals surface area contributed by atoms with Crippen LogP contribution in [-0.2, 0) is 6.42 Å². The van der Waals surface area contributed by atoms with E-state index in [1.807, 2.05) is 80.6 Å². The number of nitrogens with one attached hydrogen (secondary N) is 1. The highest BCUT2D eigenvalue weighted by Crippen LogP contribution is 2.39. The molecule has 2 amide bonds. The van der Waals surface area contributed by atoms with E-state index in [1.165, 1.54) is 5.56 Å². The molecule has 1 unspecified atom stereocenters. The minimum atomic E-state index is -0.501. The number of allylic oxidation sites excluding steroid dienone is 1. The molecular weight excluding hydrogens is 460 g/mol. The summed E-state index contributed by atoms with van der Waals surface area (Å²) in [4.78, 5) is 19.7. The lowest BCUT2D eigenvalue weighted by Gasteiger charge is -2.35. The van der Waals surface area contributed by atoms with E-state index in [2.05, 4.69) is 17.4 Å². The number of benzene rings is 3. The third-order valence-corrected chi connectivity index (χ3v) is 6.47. The van der Waals surface area contributed by atoms with Crippen molar-refractivity contribution < 1.29 is 9.32 Å². The molecule has 1 aliphatic rings. The van der Waals surface area contributed by atoms with Gasteiger partial charge in [0.15, 0.2) is 0 Å². The molecule has 35 heavy (non-hydrogen) atoms. The summed E-state index contributed by atoms with van der Waals surface area (Å²) in [5.74, 6) is 0.833. The van der Waals surface area contributed by atoms with Gasteiger partial charge >= 0.3 is 6.03 Å². The average molecular weight is 485 g/mol. The normalized spacial score (nSPS) is 15.9. The molecule has 176 valence electrons. The highest BCUT2D eigenvalue weighted by atomic mass is 35.5. The molecule has 1 aromatic heterocycles. The lowest BCUT2D eigenvalue weighted by Crippen LogP contribution is -2.46. The number of aryl methyl sites for hydroxylation is 2. The largest absolute Gasteiger partial charge is 0.334 e. The van der Waals surface area contributed by atoms with E-state index in [4.69, 9.17) is 21.1 Å². The summed E-state index contributed by atoms with van der Waals surface area (Å²) >= 11 is 6.29. The predicted octanol–water partition coefficient (Wildman–Crippen LogP) is 6.96. The van der Waals surface area contributed by atoms with E-state index in [-0.39, 0.29) is 6.03 Å². The van der Waals surface area contributed by atoms with Gasteiger partial charge in [0, 0.05) is 16.3 Å². The van der Waals surface area contributed by atoms with Crippen LogP contribution in [0.5, 0.6) is 0 Å². The zero-order valence-corrected chi connectivity index (χ0v) is 20.5. The van der Waals surface area contributed by atoms with Gasteiger partial charge < -0.3 is 9.84 Å². The maximum absolute atomic E-state index is 13.3. The highest BCUT2D eigenvalue weighted by Gasteiger charge is 2.36. The second kappa shape index (κ2) is 9.39. The number of amides is 2. The number of urea groups is 1. The first-order chi connectivity index (χ1) is 16.9. The van der Waals surface area contributed by atoms with E-state index in [0.29, 0.717) is 22.4 Å². The third kappa shape index (κ3) is 4.45. The van der Waals surface area contributed by atoms with Gasteiger partial charge in [-0.05, 0) is 55.7 Å². The Morgan fingerprint density at radius 2 is 1.77 bits per heavy atom. The molecule has 5 rings (SSSR count). The first-order valence-corrected chi connectivity index (χ1v) is 11.9. The van der Waals surface area contributed by atoms with Crippen LogP contribution in [0.4, 0.5) is 10.5 Å². The Kier molecular flexibility index (Phi) is 6.14. The van der Waals surface area contributed by atoms with Gasteiger partial charge in [0.1, 0.15) is 0 Å². The molecule has 7 heteroatoms. The minimum absolute atomic E-state index is 0.237. The zero-order chi connectivity index (χ0) is 24.5. The fraction of sp³-hybridized carbons (Fsp3) is 0.179. The van der Waals surface area contributed by atoms with Crippen LogP contribution in [0.15, 0.2) is 83.0 Å². The molecule has 1 atom stereocenters. The van der Waals surface area contributed by atoms with Crippen LogP contribution in [0.2, 0.25) is 5.02 Å². The predicted molar refractivity (Wildman–Crippen MR) is 138 cm³/mol. The topological polar surface area (TPSA) is 71.3 Å². The number of carbonyl (C=O) groups excluding carboxylic acids is 1. The summed E-state index contributed by atoms with van der Waals surface area (Å²) in [6, 6.07) is 22.6. The van der Waals surface area contributed by atoms with Gasteiger partial charge in [-0.15, -0.1) is 0 Å². The first kappa shape index (κ1) is 22.9. The summed E-state index contributed by atoms with van der Waals surface area (Å²) in [6.07, 6.45) is 0.924. The van der Waals surface area contributed by atoms with Gasteiger partial charge in [0.2, 0.25) is 5.82 Å². The third-order valence-electron chi connectivity index (χ3n) is 6.24. The summed E-state index contributed by atoms with van der Waals surface area (Å²) in [6.45, 7) is 6.03. The van der Waals surface area contributed by atoms with Crippen molar-refractivity contribution in [3.8, 4) is 11.4 Å². The van der Waals surface area contributed by atoms with Gasteiger partial charge in [0.05, 0.1) is 17.3 Å². The van der Waals surface area contributed by atoms with E-state index in [9.17, 15) is 4.79 Å². The van der Waals surface area contributed by atoms with Crippen molar-refractivity contribution >= 4 is 28.9 Å². The summed E-state index contributed by atoms with van der Waals surface area (Å²) in [7, 11) is 0. The molecule has 0 saturated carbocycles. The summed E-state index contributed by atoms with van der Waals surface area (Å²) in [5, 5.41) is 7.93. The molecule has 0 radical (unpaired) electrons. The van der Waals surface area contributed by atoms with Gasteiger partial charge in [-0.3, -0.25) is 4.90 Å². The van der Waals surface area contributed by atoms with Crippen molar-refractivity contribution in [2.45, 2.75) is 33.2 Å². The van der Waals surface area contributed by atoms with Crippen molar-refractivity contribution in [2.75, 3.05) is 4.90 Å². The fourth-order valence-electron chi connectivity index (χ4n) is 4.30. The van der Waals surface area contributed by atoms with E-state index >= 15 is 0 Å². The fourth-order valence-corrected chi connectivity index (χ4v) is 4.50. The quantitative estimate of drug-likeness (QED) is 0.332. The number of hydrogen-bond acceptors (Lipinski definition) is 4. The maximum atomic E-state index is 13.3. The minimum Gasteiger partial charge on any atom is -0.334 e. The van der Waals surface area contributed by atoms with Crippen molar-refractivity contribution in [2.24, 2.45) is 0 Å². The van der Waals surface area contributed by atoms with Crippen molar-refractivity contribution in [3.05, 3.63) is 106 Å². The smallest absolute Gasteiger partial charge is 0.326 e. The second-order valence-corrected chi connectivity index (χ2v) is 9.02. The van der Waals surface area contributed by atoms with Crippen LogP contribution in [-0.4, -0.2) is 16.2 Å². The summed E-state index contributed by atoms with van der Waals surface area (Å²) in [5.41, 5.74) is 6.23. The molecule has 4 aromatic rings. The number of anilines is 1. The highest BCUT2D eigenvalue weighted by molar-refractivity contribution is 6.30. The second-order valence-electron chi connectivity index (χ2n) is 8.58. The van der Waals surface area contributed by atoms with Crippen LogP contribution >= 0.6 is 11.6 Å². The van der Waals surface area contributed by atoms with E-state index < -0.39 is 6.04 Å². The van der Waals surface area contributed by atoms with Gasteiger partial charge in [-0.2, -0.15) is 4.98 Å². The van der Waals surface area contributed by atoms with Crippen LogP contribution in [0.3, 0.4) is 0 Å². The molecular formula is C28H25ClN4O2. The molecule has 1 aliphatic heterocycles. The molecule has 0 saturated heterocycles. The Labute approximate surface area is 209 Å². The number of halogens is 1. The standard InChI is InChI=1S/C28H25ClN4O2/c1-4-19-10-14-23(15-11-19)33-18(3)24(25(30-28(33)34)21-6-5-7-22(29)16-21)27-31-26(32-35-27)20-12-8-17(2)9-13-20/h5-16,25H,4H2,1-3H3,(H,30,34). The summed E-state index contributed by atoms with van der Waals surface area (Å²) < 4.78 is 5.77. The number of rotatable bonds is 5.